The van der Waals surface area contributed by atoms with E-state index in [2.05, 4.69) is 30.2 Å². The molecule has 1 saturated heterocycles. The van der Waals surface area contributed by atoms with Crippen LogP contribution in [0.3, 0.4) is 0 Å². The molecular formula is C22H23N7O2. The van der Waals surface area contributed by atoms with Crippen LogP contribution in [0, 0.1) is 22.7 Å². The summed E-state index contributed by atoms with van der Waals surface area (Å²) >= 11 is 0. The van der Waals surface area contributed by atoms with Crippen LogP contribution in [-0.2, 0) is 4.79 Å². The first-order valence-corrected chi connectivity index (χ1v) is 10.4. The Morgan fingerprint density at radius 3 is 2.94 bits per heavy atom. The highest BCUT2D eigenvalue weighted by Gasteiger charge is 2.55. The van der Waals surface area contributed by atoms with Gasteiger partial charge in [0.2, 0.25) is 5.91 Å². The Labute approximate surface area is 179 Å². The smallest absolute Gasteiger partial charge is 0.224 e. The van der Waals surface area contributed by atoms with E-state index in [9.17, 15) is 9.90 Å². The van der Waals surface area contributed by atoms with Gasteiger partial charge in [0, 0.05) is 31.4 Å². The maximum absolute atomic E-state index is 13.2. The van der Waals surface area contributed by atoms with E-state index in [1.54, 1.807) is 18.5 Å². The number of hydrogen-bond acceptors (Lipinski definition) is 7. The van der Waals surface area contributed by atoms with Crippen molar-refractivity contribution < 1.29 is 9.90 Å². The quantitative estimate of drug-likeness (QED) is 0.576. The third kappa shape index (κ3) is 3.49. The number of carbonyl (C=O) groups is 1. The van der Waals surface area contributed by atoms with Crippen LogP contribution in [0.1, 0.15) is 36.6 Å². The number of nitrogens with one attached hydrogen (secondary N) is 2. The Morgan fingerprint density at radius 2 is 2.23 bits per heavy atom. The summed E-state index contributed by atoms with van der Waals surface area (Å²) in [4.78, 5) is 31.6. The standard InChI is InChI=1S/C22H23N7O2/c23-9-14-1-2-17(25-10-14)18(11-30)28-21(31)16-4-8-29(12-22(16)5-6-22)20-15-3-7-24-19(15)26-13-27-20/h1-3,7,10,13,16,18,30H,4-6,8,11-12H2,(H,28,31)(H,24,26,27)/t16?,18-/m1/s1. The zero-order chi connectivity index (χ0) is 21.4. The van der Waals surface area contributed by atoms with Crippen molar-refractivity contribution >= 4 is 22.8 Å². The molecule has 0 radical (unpaired) electrons. The number of aliphatic hydroxyl groups is 1. The summed E-state index contributed by atoms with van der Waals surface area (Å²) in [6, 6.07) is 6.73. The molecule has 3 aromatic heterocycles. The van der Waals surface area contributed by atoms with Gasteiger partial charge in [-0.2, -0.15) is 5.26 Å². The summed E-state index contributed by atoms with van der Waals surface area (Å²) < 4.78 is 0. The maximum atomic E-state index is 13.2. The Balaban J connectivity index is 1.31. The number of pyridine rings is 1. The number of aromatic amines is 1. The number of nitrogens with zero attached hydrogens (tertiary/aromatic N) is 5. The first-order chi connectivity index (χ1) is 15.1. The van der Waals surface area contributed by atoms with Gasteiger partial charge in [0.1, 0.15) is 23.9 Å². The van der Waals surface area contributed by atoms with Crippen LogP contribution in [0.2, 0.25) is 0 Å². The number of hydrogen-bond donors (Lipinski definition) is 3. The van der Waals surface area contributed by atoms with Gasteiger partial charge in [0.15, 0.2) is 0 Å². The molecule has 0 bridgehead atoms. The number of nitriles is 1. The molecule has 9 nitrogen and oxygen atoms in total. The highest BCUT2D eigenvalue weighted by atomic mass is 16.3. The first kappa shape index (κ1) is 19.5. The number of aromatic nitrogens is 4. The van der Waals surface area contributed by atoms with Crippen molar-refractivity contribution in [2.24, 2.45) is 11.3 Å². The first-order valence-electron chi connectivity index (χ1n) is 10.4. The minimum Gasteiger partial charge on any atom is -0.394 e. The maximum Gasteiger partial charge on any atom is 0.224 e. The number of anilines is 1. The third-order valence-electron chi connectivity index (χ3n) is 6.55. The van der Waals surface area contributed by atoms with E-state index in [1.807, 2.05) is 18.3 Å². The summed E-state index contributed by atoms with van der Waals surface area (Å²) in [5, 5.41) is 22.7. The number of piperidine rings is 1. The van der Waals surface area contributed by atoms with Crippen molar-refractivity contribution in [2.75, 3.05) is 24.6 Å². The molecule has 1 aliphatic carbocycles. The molecule has 31 heavy (non-hydrogen) atoms. The minimum atomic E-state index is -0.588. The SMILES string of the molecule is N#Cc1ccc([C@@H](CO)NC(=O)C2CCN(c3ncnc4[nH]ccc34)CC23CC3)nc1. The second-order valence-corrected chi connectivity index (χ2v) is 8.39. The lowest BCUT2D eigenvalue weighted by molar-refractivity contribution is -0.129. The van der Waals surface area contributed by atoms with Gasteiger partial charge in [-0.25, -0.2) is 9.97 Å². The van der Waals surface area contributed by atoms with E-state index < -0.39 is 6.04 Å². The van der Waals surface area contributed by atoms with E-state index in [4.69, 9.17) is 5.26 Å². The van der Waals surface area contributed by atoms with Gasteiger partial charge in [0.25, 0.3) is 0 Å². The lowest BCUT2D eigenvalue weighted by Gasteiger charge is -2.39. The molecule has 1 aliphatic heterocycles. The lowest BCUT2D eigenvalue weighted by Crippen LogP contribution is -2.49. The normalized spacial score (nSPS) is 20.4. The third-order valence-corrected chi connectivity index (χ3v) is 6.55. The summed E-state index contributed by atoms with van der Waals surface area (Å²) in [6.07, 6.45) is 7.62. The van der Waals surface area contributed by atoms with E-state index >= 15 is 0 Å². The highest BCUT2D eigenvalue weighted by molar-refractivity contribution is 5.88. The van der Waals surface area contributed by atoms with Crippen molar-refractivity contribution in [3.63, 3.8) is 0 Å². The van der Waals surface area contributed by atoms with Gasteiger partial charge in [-0.1, -0.05) is 0 Å². The molecule has 2 fully saturated rings. The van der Waals surface area contributed by atoms with Crippen molar-refractivity contribution in [1.29, 1.82) is 5.26 Å². The topological polar surface area (TPSA) is 131 Å². The fraction of sp³-hybridized carbons (Fsp3) is 0.409. The number of fused-ring (bicyclic) bond motifs is 1. The van der Waals surface area contributed by atoms with E-state index in [0.29, 0.717) is 11.3 Å². The molecule has 9 heteroatoms. The van der Waals surface area contributed by atoms with Crippen LogP contribution < -0.4 is 10.2 Å². The molecule has 5 rings (SSSR count). The molecule has 1 saturated carbocycles. The van der Waals surface area contributed by atoms with Crippen LogP contribution in [0.4, 0.5) is 5.82 Å². The number of rotatable bonds is 5. The fourth-order valence-electron chi connectivity index (χ4n) is 4.69. The second-order valence-electron chi connectivity index (χ2n) is 8.39. The fourth-order valence-corrected chi connectivity index (χ4v) is 4.69. The van der Waals surface area contributed by atoms with E-state index in [1.165, 1.54) is 6.20 Å². The predicted molar refractivity (Wildman–Crippen MR) is 113 cm³/mol. The Hall–Kier alpha value is -3.51. The zero-order valence-electron chi connectivity index (χ0n) is 17.0. The largest absolute Gasteiger partial charge is 0.394 e. The number of amides is 1. The molecule has 1 amide bonds. The predicted octanol–water partition coefficient (Wildman–Crippen LogP) is 1.68. The molecule has 158 valence electrons. The van der Waals surface area contributed by atoms with E-state index in [0.717, 1.165) is 49.2 Å². The van der Waals surface area contributed by atoms with Crippen molar-refractivity contribution in [1.82, 2.24) is 25.3 Å². The van der Waals surface area contributed by atoms with Gasteiger partial charge in [0.05, 0.1) is 29.3 Å². The molecular weight excluding hydrogens is 394 g/mol. The Morgan fingerprint density at radius 1 is 1.35 bits per heavy atom. The molecule has 3 N–H and O–H groups in total. The lowest BCUT2D eigenvalue weighted by atomic mass is 9.81. The van der Waals surface area contributed by atoms with Crippen LogP contribution in [-0.4, -0.2) is 50.6 Å². The van der Waals surface area contributed by atoms with Crippen LogP contribution in [0.5, 0.6) is 0 Å². The van der Waals surface area contributed by atoms with Gasteiger partial charge in [-0.05, 0) is 42.9 Å². The molecule has 4 heterocycles. The molecule has 3 aromatic rings. The average Bonchev–Trinajstić information content (AvgIpc) is 3.38. The molecule has 2 atom stereocenters. The molecule has 2 aliphatic rings. The Bertz CT molecular complexity index is 1150. The molecule has 1 unspecified atom stereocenters. The van der Waals surface area contributed by atoms with Crippen molar-refractivity contribution in [2.45, 2.75) is 25.3 Å². The minimum absolute atomic E-state index is 0.0446. The summed E-state index contributed by atoms with van der Waals surface area (Å²) in [7, 11) is 0. The van der Waals surface area contributed by atoms with Crippen LogP contribution in [0.25, 0.3) is 11.0 Å². The number of carbonyl (C=O) groups excluding carboxylic acids is 1. The summed E-state index contributed by atoms with van der Waals surface area (Å²) in [6.45, 7) is 1.26. The van der Waals surface area contributed by atoms with E-state index in [-0.39, 0.29) is 23.8 Å². The summed E-state index contributed by atoms with van der Waals surface area (Å²) in [5.41, 5.74) is 1.74. The van der Waals surface area contributed by atoms with Gasteiger partial charge >= 0.3 is 0 Å². The van der Waals surface area contributed by atoms with Gasteiger partial charge in [-0.3, -0.25) is 9.78 Å². The van der Waals surface area contributed by atoms with Gasteiger partial charge < -0.3 is 20.3 Å². The number of aliphatic hydroxyl groups excluding tert-OH is 1. The monoisotopic (exact) mass is 417 g/mol. The zero-order valence-corrected chi connectivity index (χ0v) is 17.0. The average molecular weight is 417 g/mol. The van der Waals surface area contributed by atoms with Crippen LogP contribution >= 0.6 is 0 Å². The van der Waals surface area contributed by atoms with Crippen molar-refractivity contribution in [3.8, 4) is 6.07 Å². The molecule has 0 aromatic carbocycles. The van der Waals surface area contributed by atoms with Crippen molar-refractivity contribution in [3.05, 3.63) is 48.2 Å². The van der Waals surface area contributed by atoms with Gasteiger partial charge in [-0.15, -0.1) is 0 Å². The Kier molecular flexibility index (Phi) is 4.79. The summed E-state index contributed by atoms with van der Waals surface area (Å²) in [5.74, 6) is 0.753. The number of H-pyrrole nitrogens is 1. The highest BCUT2D eigenvalue weighted by Crippen LogP contribution is 2.56. The van der Waals surface area contributed by atoms with Crippen LogP contribution in [0.15, 0.2) is 36.9 Å². The second kappa shape index (κ2) is 7.63. The molecule has 1 spiro atoms.